The summed E-state index contributed by atoms with van der Waals surface area (Å²) in [5, 5.41) is 3.77. The van der Waals surface area contributed by atoms with Gasteiger partial charge in [-0.05, 0) is 57.6 Å². The van der Waals surface area contributed by atoms with Gasteiger partial charge in [-0.25, -0.2) is 0 Å². The van der Waals surface area contributed by atoms with E-state index in [9.17, 15) is 4.79 Å². The molecule has 1 aliphatic carbocycles. The van der Waals surface area contributed by atoms with Crippen LogP contribution in [0.5, 0.6) is 5.75 Å². The molecule has 0 aromatic heterocycles. The summed E-state index contributed by atoms with van der Waals surface area (Å²) in [4.78, 5) is 13.9. The molecule has 1 N–H and O–H groups in total. The molecule has 136 valence electrons. The predicted octanol–water partition coefficient (Wildman–Crippen LogP) is 3.82. The minimum absolute atomic E-state index is 0.0895. The number of unbranched alkanes of at least 4 members (excludes halogenated alkanes) is 1. The van der Waals surface area contributed by atoms with E-state index >= 15 is 0 Å². The Balaban J connectivity index is 1.27. The lowest BCUT2D eigenvalue weighted by Gasteiger charge is -2.48. The van der Waals surface area contributed by atoms with Gasteiger partial charge in [0.15, 0.2) is 0 Å². The lowest BCUT2D eigenvalue weighted by molar-refractivity contribution is -0.133. The Morgan fingerprint density at radius 2 is 2.04 bits per heavy atom. The van der Waals surface area contributed by atoms with Crippen LogP contribution in [0, 0.1) is 0 Å². The molecule has 1 spiro atoms. The van der Waals surface area contributed by atoms with Gasteiger partial charge in [-0.2, -0.15) is 0 Å². The normalized spacial score (nSPS) is 24.6. The van der Waals surface area contributed by atoms with Crippen molar-refractivity contribution in [3.63, 3.8) is 0 Å². The van der Waals surface area contributed by atoms with Gasteiger partial charge in [-0.15, -0.1) is 0 Å². The number of nitrogens with zero attached hydrogens (tertiary/aromatic N) is 1. The molecule has 2 heterocycles. The van der Waals surface area contributed by atoms with Crippen molar-refractivity contribution >= 4 is 5.91 Å². The van der Waals surface area contributed by atoms with Gasteiger partial charge in [0.1, 0.15) is 11.4 Å². The average Bonchev–Trinajstić information content (AvgIpc) is 2.61. The van der Waals surface area contributed by atoms with E-state index in [-0.39, 0.29) is 5.60 Å². The molecule has 1 aromatic carbocycles. The third-order valence-corrected chi connectivity index (χ3v) is 6.13. The van der Waals surface area contributed by atoms with E-state index in [0.29, 0.717) is 11.9 Å². The molecule has 1 saturated carbocycles. The topological polar surface area (TPSA) is 41.6 Å². The van der Waals surface area contributed by atoms with Crippen LogP contribution in [-0.4, -0.2) is 36.0 Å². The number of ether oxygens (including phenoxy) is 1. The zero-order valence-corrected chi connectivity index (χ0v) is 15.1. The molecule has 1 amide bonds. The maximum Gasteiger partial charge on any atom is 0.222 e. The van der Waals surface area contributed by atoms with Crippen LogP contribution in [0.1, 0.15) is 69.4 Å². The number of nitrogens with one attached hydrogen (secondary N) is 1. The Kier molecular flexibility index (Phi) is 4.98. The van der Waals surface area contributed by atoms with Crippen LogP contribution in [0.4, 0.5) is 0 Å². The first-order valence-electron chi connectivity index (χ1n) is 10.0. The van der Waals surface area contributed by atoms with Crippen molar-refractivity contribution < 1.29 is 9.53 Å². The van der Waals surface area contributed by atoms with Crippen molar-refractivity contribution in [1.29, 1.82) is 0 Å². The molecule has 1 atom stereocenters. The number of benzene rings is 1. The second-order valence-electron chi connectivity index (χ2n) is 7.93. The number of piperidine rings is 1. The molecular weight excluding hydrogens is 312 g/mol. The summed E-state index contributed by atoms with van der Waals surface area (Å²) in [6, 6.07) is 8.90. The number of fused-ring (bicyclic) bond motifs is 1. The SMILES string of the molecule is O=C1CCCCN1CCCCN[C@H]1CC2(CCC2)Oc2ccccc21. The Hall–Kier alpha value is -1.55. The molecular formula is C21H30N2O2. The molecule has 3 aliphatic rings. The molecule has 0 radical (unpaired) electrons. The number of amides is 1. The molecule has 1 aromatic rings. The summed E-state index contributed by atoms with van der Waals surface area (Å²) in [7, 11) is 0. The van der Waals surface area contributed by atoms with Crippen molar-refractivity contribution in [3.05, 3.63) is 29.8 Å². The summed E-state index contributed by atoms with van der Waals surface area (Å²) in [5.74, 6) is 1.43. The highest BCUT2D eigenvalue weighted by molar-refractivity contribution is 5.76. The number of likely N-dealkylation sites (tertiary alicyclic amines) is 1. The van der Waals surface area contributed by atoms with E-state index in [1.807, 2.05) is 0 Å². The van der Waals surface area contributed by atoms with Crippen LogP contribution in [0.3, 0.4) is 0 Å². The summed E-state index contributed by atoms with van der Waals surface area (Å²) in [5.41, 5.74) is 1.40. The third kappa shape index (κ3) is 3.69. The van der Waals surface area contributed by atoms with Crippen molar-refractivity contribution in [2.24, 2.45) is 0 Å². The van der Waals surface area contributed by atoms with E-state index in [0.717, 1.165) is 57.5 Å². The van der Waals surface area contributed by atoms with Gasteiger partial charge >= 0.3 is 0 Å². The van der Waals surface area contributed by atoms with Crippen LogP contribution in [-0.2, 0) is 4.79 Å². The lowest BCUT2D eigenvalue weighted by Crippen LogP contribution is -2.49. The predicted molar refractivity (Wildman–Crippen MR) is 98.7 cm³/mol. The fourth-order valence-electron chi connectivity index (χ4n) is 4.48. The summed E-state index contributed by atoms with van der Waals surface area (Å²) < 4.78 is 6.32. The molecule has 2 fully saturated rings. The standard InChI is InChI=1S/C21H30N2O2/c24-20-10-3-5-14-23(20)15-6-4-13-22-18-16-21(11-7-12-21)25-19-9-2-1-8-17(18)19/h1-2,8-9,18,22H,3-7,10-16H2/t18-/m0/s1. The molecule has 25 heavy (non-hydrogen) atoms. The number of hydrogen-bond donors (Lipinski definition) is 1. The minimum Gasteiger partial charge on any atom is -0.487 e. The quantitative estimate of drug-likeness (QED) is 0.799. The summed E-state index contributed by atoms with van der Waals surface area (Å²) in [6.45, 7) is 2.90. The average molecular weight is 342 g/mol. The fourth-order valence-corrected chi connectivity index (χ4v) is 4.48. The van der Waals surface area contributed by atoms with E-state index in [1.165, 1.54) is 31.2 Å². The Bertz CT molecular complexity index is 612. The van der Waals surface area contributed by atoms with E-state index < -0.39 is 0 Å². The highest BCUT2D eigenvalue weighted by Gasteiger charge is 2.45. The monoisotopic (exact) mass is 342 g/mol. The molecule has 0 bridgehead atoms. The van der Waals surface area contributed by atoms with Crippen molar-refractivity contribution in [1.82, 2.24) is 10.2 Å². The molecule has 4 rings (SSSR count). The first-order chi connectivity index (χ1) is 12.3. The van der Waals surface area contributed by atoms with E-state index in [4.69, 9.17) is 4.74 Å². The van der Waals surface area contributed by atoms with E-state index in [1.54, 1.807) is 0 Å². The summed E-state index contributed by atoms with van der Waals surface area (Å²) >= 11 is 0. The number of rotatable bonds is 6. The second kappa shape index (κ2) is 7.36. The van der Waals surface area contributed by atoms with Crippen molar-refractivity contribution in [2.45, 2.75) is 69.4 Å². The Labute approximate surface area is 150 Å². The molecule has 2 aliphatic heterocycles. The number of carbonyl (C=O) groups is 1. The number of hydrogen-bond acceptors (Lipinski definition) is 3. The smallest absolute Gasteiger partial charge is 0.222 e. The van der Waals surface area contributed by atoms with Crippen molar-refractivity contribution in [2.75, 3.05) is 19.6 Å². The molecule has 4 nitrogen and oxygen atoms in total. The zero-order valence-electron chi connectivity index (χ0n) is 15.1. The molecule has 4 heteroatoms. The third-order valence-electron chi connectivity index (χ3n) is 6.13. The highest BCUT2D eigenvalue weighted by atomic mass is 16.5. The van der Waals surface area contributed by atoms with Gasteiger partial charge in [0.05, 0.1) is 0 Å². The van der Waals surface area contributed by atoms with Crippen LogP contribution >= 0.6 is 0 Å². The minimum atomic E-state index is 0.0895. The number of carbonyl (C=O) groups excluding carboxylic acids is 1. The van der Waals surface area contributed by atoms with Gasteiger partial charge in [0.25, 0.3) is 0 Å². The first kappa shape index (κ1) is 16.9. The first-order valence-corrected chi connectivity index (χ1v) is 10.0. The lowest BCUT2D eigenvalue weighted by atomic mass is 9.73. The number of para-hydroxylation sites is 1. The van der Waals surface area contributed by atoms with Gasteiger partial charge in [0.2, 0.25) is 5.91 Å². The van der Waals surface area contributed by atoms with Crippen LogP contribution in [0.25, 0.3) is 0 Å². The molecule has 1 saturated heterocycles. The largest absolute Gasteiger partial charge is 0.487 e. The van der Waals surface area contributed by atoms with Gasteiger partial charge in [0, 0.05) is 37.5 Å². The van der Waals surface area contributed by atoms with Crippen LogP contribution in [0.2, 0.25) is 0 Å². The van der Waals surface area contributed by atoms with Gasteiger partial charge in [-0.3, -0.25) is 4.79 Å². The summed E-state index contributed by atoms with van der Waals surface area (Å²) in [6.07, 6.45) is 9.97. The zero-order chi connectivity index (χ0) is 17.1. The van der Waals surface area contributed by atoms with E-state index in [2.05, 4.69) is 34.5 Å². The van der Waals surface area contributed by atoms with Crippen LogP contribution < -0.4 is 10.1 Å². The fraction of sp³-hybridized carbons (Fsp3) is 0.667. The maximum atomic E-state index is 11.9. The highest BCUT2D eigenvalue weighted by Crippen LogP contribution is 2.48. The van der Waals surface area contributed by atoms with Gasteiger partial charge < -0.3 is 15.0 Å². The Morgan fingerprint density at radius 1 is 1.16 bits per heavy atom. The van der Waals surface area contributed by atoms with Crippen LogP contribution in [0.15, 0.2) is 24.3 Å². The second-order valence-corrected chi connectivity index (χ2v) is 7.93. The Morgan fingerprint density at radius 3 is 2.84 bits per heavy atom. The molecule has 0 unspecified atom stereocenters. The maximum absolute atomic E-state index is 11.9. The van der Waals surface area contributed by atoms with Gasteiger partial charge in [-0.1, -0.05) is 18.2 Å². The van der Waals surface area contributed by atoms with Crippen molar-refractivity contribution in [3.8, 4) is 5.75 Å².